The number of carbonyl (C=O) groups is 3. The molecule has 0 saturated carbocycles. The first-order valence-corrected chi connectivity index (χ1v) is 10.1. The van der Waals surface area contributed by atoms with Crippen LogP contribution < -0.4 is 10.2 Å². The minimum atomic E-state index is -4.84. The summed E-state index contributed by atoms with van der Waals surface area (Å²) in [5.74, 6) is -1.70. The van der Waals surface area contributed by atoms with E-state index in [1.165, 1.54) is 13.0 Å². The van der Waals surface area contributed by atoms with Crippen LogP contribution >= 0.6 is 0 Å². The minimum Gasteiger partial charge on any atom is -0.365 e. The number of carbonyl (C=O) groups excluding carboxylic acids is 3. The Balaban J connectivity index is 1.89. The summed E-state index contributed by atoms with van der Waals surface area (Å²) in [6, 6.07) is 3.69. The van der Waals surface area contributed by atoms with Crippen LogP contribution in [-0.2, 0) is 25.3 Å². The standard InChI is InChI=1S/C22H22F3N3O4/c1-11(29)27-15-9-18(2)19(3)16(30)28(17(31)20(19,4)21(15,5)32-18)13-7-6-12(10-26)14(8-13)22(23,24)25/h6-8,15H,9H2,1-5H3,(H,27,29)/t15-,18-,19-,20-,21+/m0/s1. The van der Waals surface area contributed by atoms with E-state index in [4.69, 9.17) is 10.00 Å². The number of imide groups is 1. The Morgan fingerprint density at radius 2 is 1.78 bits per heavy atom. The Bertz CT molecular complexity index is 1130. The maximum absolute atomic E-state index is 13.8. The van der Waals surface area contributed by atoms with Crippen LogP contribution in [0.3, 0.4) is 0 Å². The number of alkyl halides is 3. The third-order valence-electron chi connectivity index (χ3n) is 8.07. The highest BCUT2D eigenvalue weighted by Gasteiger charge is 2.87. The van der Waals surface area contributed by atoms with Gasteiger partial charge in [0.2, 0.25) is 17.7 Å². The van der Waals surface area contributed by atoms with Crippen molar-refractivity contribution in [2.45, 2.75) is 64.5 Å². The van der Waals surface area contributed by atoms with Crippen molar-refractivity contribution in [1.29, 1.82) is 5.26 Å². The van der Waals surface area contributed by atoms with Gasteiger partial charge in [-0.25, -0.2) is 4.90 Å². The van der Waals surface area contributed by atoms with Gasteiger partial charge in [-0.3, -0.25) is 14.4 Å². The van der Waals surface area contributed by atoms with E-state index in [1.807, 2.05) is 0 Å². The van der Waals surface area contributed by atoms with E-state index in [1.54, 1.807) is 27.7 Å². The van der Waals surface area contributed by atoms with Crippen molar-refractivity contribution in [2.75, 3.05) is 4.90 Å². The molecule has 1 N–H and O–H groups in total. The van der Waals surface area contributed by atoms with Gasteiger partial charge in [0.25, 0.3) is 0 Å². The highest BCUT2D eigenvalue weighted by molar-refractivity contribution is 6.26. The molecule has 0 unspecified atom stereocenters. The summed E-state index contributed by atoms with van der Waals surface area (Å²) in [6.07, 6.45) is -4.57. The smallest absolute Gasteiger partial charge is 0.365 e. The highest BCUT2D eigenvalue weighted by atomic mass is 19.4. The van der Waals surface area contributed by atoms with Gasteiger partial charge in [-0.1, -0.05) is 0 Å². The van der Waals surface area contributed by atoms with Gasteiger partial charge in [-0.2, -0.15) is 18.4 Å². The van der Waals surface area contributed by atoms with Crippen molar-refractivity contribution in [2.24, 2.45) is 10.8 Å². The molecule has 32 heavy (non-hydrogen) atoms. The lowest BCUT2D eigenvalue weighted by atomic mass is 9.49. The fraction of sp³-hybridized carbons (Fsp3) is 0.545. The predicted molar refractivity (Wildman–Crippen MR) is 105 cm³/mol. The molecule has 1 aromatic rings. The summed E-state index contributed by atoms with van der Waals surface area (Å²) in [5, 5.41) is 11.9. The number of benzene rings is 1. The van der Waals surface area contributed by atoms with Gasteiger partial charge in [-0.15, -0.1) is 0 Å². The molecule has 10 heteroatoms. The molecule has 3 aliphatic heterocycles. The van der Waals surface area contributed by atoms with E-state index in [0.29, 0.717) is 6.07 Å². The number of hydrogen-bond acceptors (Lipinski definition) is 5. The zero-order valence-corrected chi connectivity index (χ0v) is 18.2. The topological polar surface area (TPSA) is 99.5 Å². The van der Waals surface area contributed by atoms with Crippen LogP contribution in [0.5, 0.6) is 0 Å². The number of hydrogen-bond donors (Lipinski definition) is 1. The predicted octanol–water partition coefficient (Wildman–Crippen LogP) is 2.92. The van der Waals surface area contributed by atoms with Crippen molar-refractivity contribution in [1.82, 2.24) is 5.32 Å². The zero-order valence-electron chi connectivity index (χ0n) is 18.2. The van der Waals surface area contributed by atoms with Crippen LogP contribution in [-0.4, -0.2) is 35.0 Å². The summed E-state index contributed by atoms with van der Waals surface area (Å²) in [7, 11) is 0. The van der Waals surface area contributed by atoms with Crippen LogP contribution in [0.4, 0.5) is 18.9 Å². The van der Waals surface area contributed by atoms with E-state index >= 15 is 0 Å². The molecule has 170 valence electrons. The second-order valence-electron chi connectivity index (χ2n) is 9.43. The number of fused-ring (bicyclic) bond motifs is 5. The van der Waals surface area contributed by atoms with Crippen molar-refractivity contribution in [3.63, 3.8) is 0 Å². The lowest BCUT2D eigenvalue weighted by Gasteiger charge is -2.48. The van der Waals surface area contributed by atoms with E-state index < -0.39 is 57.2 Å². The number of halogens is 3. The molecule has 0 spiro atoms. The maximum atomic E-state index is 13.8. The first-order valence-electron chi connectivity index (χ1n) is 10.1. The molecule has 2 bridgehead atoms. The van der Waals surface area contributed by atoms with Crippen molar-refractivity contribution in [3.8, 4) is 6.07 Å². The van der Waals surface area contributed by atoms with Crippen molar-refractivity contribution >= 4 is 23.4 Å². The molecule has 3 amide bonds. The number of amides is 3. The summed E-state index contributed by atoms with van der Waals surface area (Å²) in [4.78, 5) is 40.0. The Labute approximate surface area is 182 Å². The van der Waals surface area contributed by atoms with Gasteiger partial charge in [0, 0.05) is 13.3 Å². The molecule has 0 radical (unpaired) electrons. The molecular formula is C22H22F3N3O4. The zero-order chi connectivity index (χ0) is 24.1. The van der Waals surface area contributed by atoms with Gasteiger partial charge in [-0.05, 0) is 45.9 Å². The van der Waals surface area contributed by atoms with Gasteiger partial charge in [0.15, 0.2) is 0 Å². The lowest BCUT2D eigenvalue weighted by Crippen LogP contribution is -2.65. The van der Waals surface area contributed by atoms with Crippen LogP contribution in [0.2, 0.25) is 0 Å². The van der Waals surface area contributed by atoms with E-state index in [0.717, 1.165) is 17.0 Å². The van der Waals surface area contributed by atoms with Crippen LogP contribution in [0, 0.1) is 22.2 Å². The van der Waals surface area contributed by atoms with E-state index in [9.17, 15) is 27.6 Å². The molecule has 4 rings (SSSR count). The number of nitriles is 1. The normalized spacial score (nSPS) is 38.1. The minimum absolute atomic E-state index is 0.258. The van der Waals surface area contributed by atoms with Crippen molar-refractivity contribution < 1.29 is 32.3 Å². The number of nitrogens with zero attached hydrogens (tertiary/aromatic N) is 2. The van der Waals surface area contributed by atoms with E-state index in [-0.39, 0.29) is 18.0 Å². The molecule has 3 heterocycles. The molecule has 3 aliphatic rings. The number of rotatable bonds is 2. The molecule has 3 fully saturated rings. The molecule has 0 aliphatic carbocycles. The fourth-order valence-electron chi connectivity index (χ4n) is 6.02. The van der Waals surface area contributed by atoms with Gasteiger partial charge >= 0.3 is 6.18 Å². The van der Waals surface area contributed by atoms with Gasteiger partial charge in [0.1, 0.15) is 5.60 Å². The second-order valence-corrected chi connectivity index (χ2v) is 9.43. The number of anilines is 1. The molecule has 3 saturated heterocycles. The quantitative estimate of drug-likeness (QED) is 0.700. The molecule has 7 nitrogen and oxygen atoms in total. The van der Waals surface area contributed by atoms with Crippen LogP contribution in [0.25, 0.3) is 0 Å². The third kappa shape index (κ3) is 2.27. The number of ether oxygens (including phenoxy) is 1. The Morgan fingerprint density at radius 1 is 1.19 bits per heavy atom. The Morgan fingerprint density at radius 3 is 2.31 bits per heavy atom. The lowest BCUT2D eigenvalue weighted by molar-refractivity contribution is -0.141. The maximum Gasteiger partial charge on any atom is 0.417 e. The Kier molecular flexibility index (Phi) is 4.25. The summed E-state index contributed by atoms with van der Waals surface area (Å²) < 4.78 is 46.8. The Hall–Kier alpha value is -2.93. The first kappa shape index (κ1) is 22.3. The summed E-state index contributed by atoms with van der Waals surface area (Å²) >= 11 is 0. The fourth-order valence-corrected chi connectivity index (χ4v) is 6.02. The van der Waals surface area contributed by atoms with Crippen molar-refractivity contribution in [3.05, 3.63) is 29.3 Å². The second kappa shape index (κ2) is 6.10. The average molecular weight is 449 g/mol. The summed E-state index contributed by atoms with van der Waals surface area (Å²) in [6.45, 7) is 7.84. The van der Waals surface area contributed by atoms with Gasteiger partial charge in [0.05, 0.1) is 45.4 Å². The third-order valence-corrected chi connectivity index (χ3v) is 8.07. The molecule has 0 aromatic heterocycles. The average Bonchev–Trinajstić information content (AvgIpc) is 3.10. The molecular weight excluding hydrogens is 427 g/mol. The largest absolute Gasteiger partial charge is 0.417 e. The van der Waals surface area contributed by atoms with E-state index in [2.05, 4.69) is 5.32 Å². The molecule has 5 atom stereocenters. The van der Waals surface area contributed by atoms with Crippen LogP contribution in [0.1, 0.15) is 52.2 Å². The highest BCUT2D eigenvalue weighted by Crippen LogP contribution is 2.73. The van der Waals surface area contributed by atoms with Gasteiger partial charge < -0.3 is 10.1 Å². The SMILES string of the molecule is CC(=O)N[C@H]1C[C@]2(C)O[C@@]1(C)[C@@]1(C)C(=O)N(c3ccc(C#N)c(C(F)(F)F)c3)C(=O)[C@]12C. The summed E-state index contributed by atoms with van der Waals surface area (Å²) in [5.41, 5.74) is -7.32. The first-order chi connectivity index (χ1) is 14.6. The monoisotopic (exact) mass is 449 g/mol. The molecule has 1 aromatic carbocycles. The van der Waals surface area contributed by atoms with Crippen LogP contribution in [0.15, 0.2) is 18.2 Å². The number of nitrogens with one attached hydrogen (secondary N) is 1.